The SMILES string of the molecule is CCCCP(=O)(N[C@@H](CCC(=O)O)C(=O)O)SO. The lowest BCUT2D eigenvalue weighted by Crippen LogP contribution is -2.35. The summed E-state index contributed by atoms with van der Waals surface area (Å²) in [5.74, 6) is -2.40. The summed E-state index contributed by atoms with van der Waals surface area (Å²) in [4.78, 5) is 21.3. The molecule has 0 aromatic rings. The Labute approximate surface area is 109 Å². The van der Waals surface area contributed by atoms with Gasteiger partial charge < -0.3 is 14.8 Å². The molecule has 1 unspecified atom stereocenters. The summed E-state index contributed by atoms with van der Waals surface area (Å²) in [7, 11) is 0. The predicted octanol–water partition coefficient (Wildman–Crippen LogP) is 2.09. The quantitative estimate of drug-likeness (QED) is 0.357. The average Bonchev–Trinajstić information content (AvgIpc) is 2.31. The molecule has 7 nitrogen and oxygen atoms in total. The lowest BCUT2D eigenvalue weighted by atomic mass is 10.2. The second kappa shape index (κ2) is 8.53. The van der Waals surface area contributed by atoms with Gasteiger partial charge in [-0.15, -0.1) is 0 Å². The van der Waals surface area contributed by atoms with Crippen LogP contribution in [-0.4, -0.2) is 38.9 Å². The fourth-order valence-electron chi connectivity index (χ4n) is 1.24. The molecular weight excluding hydrogens is 281 g/mol. The minimum atomic E-state index is -3.24. The summed E-state index contributed by atoms with van der Waals surface area (Å²) in [5.41, 5.74) is 0. The number of nitrogens with one attached hydrogen (secondary N) is 1. The summed E-state index contributed by atoms with van der Waals surface area (Å²) in [6.07, 6.45) is 0.999. The minimum absolute atomic E-state index is 0.126. The van der Waals surface area contributed by atoms with Gasteiger partial charge in [0.1, 0.15) is 6.04 Å². The normalized spacial score (nSPS) is 15.9. The Balaban J connectivity index is 4.57. The molecule has 0 bridgehead atoms. The molecular formula is C9H18NO6PS. The topological polar surface area (TPSA) is 124 Å². The number of rotatable bonds is 10. The summed E-state index contributed by atoms with van der Waals surface area (Å²) in [5, 5.41) is 19.8. The van der Waals surface area contributed by atoms with E-state index in [0.717, 1.165) is 6.42 Å². The molecule has 9 heteroatoms. The molecule has 18 heavy (non-hydrogen) atoms. The van der Waals surface area contributed by atoms with Crippen LogP contribution in [-0.2, 0) is 14.2 Å². The van der Waals surface area contributed by atoms with Crippen molar-refractivity contribution in [2.24, 2.45) is 0 Å². The van der Waals surface area contributed by atoms with E-state index in [1.807, 2.05) is 6.92 Å². The molecule has 0 aliphatic carbocycles. The van der Waals surface area contributed by atoms with E-state index in [9.17, 15) is 14.2 Å². The molecule has 4 N–H and O–H groups in total. The maximum Gasteiger partial charge on any atom is 0.321 e. The van der Waals surface area contributed by atoms with Crippen molar-refractivity contribution < 1.29 is 28.9 Å². The van der Waals surface area contributed by atoms with Crippen molar-refractivity contribution in [3.63, 3.8) is 0 Å². The van der Waals surface area contributed by atoms with Crippen LogP contribution in [0.2, 0.25) is 0 Å². The molecule has 0 aliphatic rings. The van der Waals surface area contributed by atoms with Crippen molar-refractivity contribution in [3.8, 4) is 0 Å². The number of carboxylic acids is 2. The van der Waals surface area contributed by atoms with Gasteiger partial charge in [-0.25, -0.2) is 5.09 Å². The third-order valence-electron chi connectivity index (χ3n) is 2.24. The van der Waals surface area contributed by atoms with Crippen LogP contribution in [0, 0.1) is 0 Å². The van der Waals surface area contributed by atoms with Crippen LogP contribution in [0.1, 0.15) is 32.6 Å². The van der Waals surface area contributed by atoms with Crippen LogP contribution in [0.3, 0.4) is 0 Å². The molecule has 0 aliphatic heterocycles. The van der Waals surface area contributed by atoms with Crippen molar-refractivity contribution in [2.45, 2.75) is 38.6 Å². The van der Waals surface area contributed by atoms with E-state index >= 15 is 0 Å². The Morgan fingerprint density at radius 1 is 1.39 bits per heavy atom. The maximum atomic E-state index is 12.1. The lowest BCUT2D eigenvalue weighted by Gasteiger charge is -2.20. The Hall–Kier alpha value is -0.560. The van der Waals surface area contributed by atoms with E-state index in [2.05, 4.69) is 5.09 Å². The highest BCUT2D eigenvalue weighted by molar-refractivity contribution is 8.54. The lowest BCUT2D eigenvalue weighted by molar-refractivity contribution is -0.140. The number of carbonyl (C=O) groups is 2. The highest BCUT2D eigenvalue weighted by Crippen LogP contribution is 2.54. The van der Waals surface area contributed by atoms with Gasteiger partial charge in [0, 0.05) is 12.6 Å². The third-order valence-corrected chi connectivity index (χ3v) is 5.76. The van der Waals surface area contributed by atoms with E-state index in [4.69, 9.17) is 14.8 Å². The summed E-state index contributed by atoms with van der Waals surface area (Å²) in [6.45, 7) is -1.36. The van der Waals surface area contributed by atoms with Gasteiger partial charge in [0.05, 0.1) is 11.7 Å². The van der Waals surface area contributed by atoms with Gasteiger partial charge in [-0.1, -0.05) is 13.3 Å². The van der Waals surface area contributed by atoms with Crippen LogP contribution < -0.4 is 5.09 Å². The highest BCUT2D eigenvalue weighted by atomic mass is 32.7. The van der Waals surface area contributed by atoms with Gasteiger partial charge >= 0.3 is 11.9 Å². The Morgan fingerprint density at radius 3 is 2.39 bits per heavy atom. The monoisotopic (exact) mass is 299 g/mol. The molecule has 2 atom stereocenters. The second-order valence-electron chi connectivity index (χ2n) is 3.78. The van der Waals surface area contributed by atoms with E-state index < -0.39 is 24.5 Å². The van der Waals surface area contributed by atoms with Crippen molar-refractivity contribution in [1.82, 2.24) is 5.09 Å². The number of aliphatic carboxylic acids is 2. The van der Waals surface area contributed by atoms with Gasteiger partial charge in [0.25, 0.3) is 0 Å². The zero-order valence-corrected chi connectivity index (χ0v) is 11.7. The molecule has 106 valence electrons. The number of hydrogen-bond acceptors (Lipinski definition) is 5. The molecule has 0 saturated carbocycles. The fourth-order valence-corrected chi connectivity index (χ4v) is 4.10. The van der Waals surface area contributed by atoms with E-state index in [-0.39, 0.29) is 30.7 Å². The second-order valence-corrected chi connectivity index (χ2v) is 8.26. The molecule has 0 aromatic heterocycles. The van der Waals surface area contributed by atoms with Crippen LogP contribution >= 0.6 is 18.2 Å². The standard InChI is InChI=1S/C9H18NO6PS/c1-2-3-6-17(15,18-16)10-7(9(13)14)4-5-8(11)12/h7,16H,2-6H2,1H3,(H,10,15)(H,11,12)(H,13,14)/t7-,17?/m0/s1. The van der Waals surface area contributed by atoms with Crippen molar-refractivity contribution in [3.05, 3.63) is 0 Å². The first-order valence-corrected chi connectivity index (χ1v) is 8.76. The summed E-state index contributed by atoms with van der Waals surface area (Å²) in [6, 6.07) is -1.23. The van der Waals surface area contributed by atoms with Crippen molar-refractivity contribution in [1.29, 1.82) is 0 Å². The van der Waals surface area contributed by atoms with Crippen LogP contribution in [0.25, 0.3) is 0 Å². The molecule has 0 amide bonds. The molecule has 0 rings (SSSR count). The first-order valence-electron chi connectivity index (χ1n) is 5.49. The number of unbranched alkanes of at least 4 members (excludes halogenated alkanes) is 1. The predicted molar refractivity (Wildman–Crippen MR) is 69.0 cm³/mol. The first-order chi connectivity index (χ1) is 8.34. The first kappa shape index (κ1) is 17.4. The third kappa shape index (κ3) is 7.00. The molecule has 0 spiro atoms. The average molecular weight is 299 g/mol. The largest absolute Gasteiger partial charge is 0.481 e. The number of carboxylic acid groups (broad SMARTS) is 2. The van der Waals surface area contributed by atoms with Gasteiger partial charge in [0.2, 0.25) is 6.49 Å². The van der Waals surface area contributed by atoms with Gasteiger partial charge in [-0.2, -0.15) is 0 Å². The number of hydrogen-bond donors (Lipinski definition) is 4. The molecule has 0 heterocycles. The minimum Gasteiger partial charge on any atom is -0.481 e. The zero-order valence-electron chi connectivity index (χ0n) is 10.0. The zero-order chi connectivity index (χ0) is 14.2. The molecule has 0 radical (unpaired) electrons. The van der Waals surface area contributed by atoms with E-state index in [1.54, 1.807) is 0 Å². The van der Waals surface area contributed by atoms with Crippen LogP contribution in [0.5, 0.6) is 0 Å². The smallest absolute Gasteiger partial charge is 0.321 e. The molecule has 0 saturated heterocycles. The Morgan fingerprint density at radius 2 is 2.00 bits per heavy atom. The van der Waals surface area contributed by atoms with Crippen LogP contribution in [0.15, 0.2) is 0 Å². The van der Waals surface area contributed by atoms with Crippen LogP contribution in [0.4, 0.5) is 0 Å². The van der Waals surface area contributed by atoms with Gasteiger partial charge in [0.15, 0.2) is 0 Å². The van der Waals surface area contributed by atoms with E-state index in [0.29, 0.717) is 6.42 Å². The van der Waals surface area contributed by atoms with E-state index in [1.165, 1.54) is 0 Å². The van der Waals surface area contributed by atoms with Gasteiger partial charge in [-0.3, -0.25) is 14.2 Å². The van der Waals surface area contributed by atoms with Crippen molar-refractivity contribution in [2.75, 3.05) is 6.16 Å². The van der Waals surface area contributed by atoms with Gasteiger partial charge in [-0.05, 0) is 12.8 Å². The summed E-state index contributed by atoms with van der Waals surface area (Å²) >= 11 is 0.126. The summed E-state index contributed by atoms with van der Waals surface area (Å²) < 4.78 is 21.1. The molecule has 0 fully saturated rings. The molecule has 0 aromatic carbocycles. The fraction of sp³-hybridized carbons (Fsp3) is 0.778. The Kier molecular flexibility index (Phi) is 8.26. The van der Waals surface area contributed by atoms with Crippen molar-refractivity contribution >= 4 is 30.1 Å². The Bertz CT molecular complexity index is 337. The highest BCUT2D eigenvalue weighted by Gasteiger charge is 2.29. The maximum absolute atomic E-state index is 12.1.